The van der Waals surface area contributed by atoms with Gasteiger partial charge in [0.05, 0.1) is 6.42 Å². The number of hydrogen-bond donors (Lipinski definition) is 0. The quantitative estimate of drug-likeness (QED) is 0.560. The molecule has 1 aromatic carbocycles. The topological polar surface area (TPSA) is 34.9 Å². The molecule has 0 radical (unpaired) electrons. The van der Waals surface area contributed by atoms with Crippen LogP contribution in [-0.2, 0) is 13.0 Å². The molecule has 0 spiro atoms. The summed E-state index contributed by atoms with van der Waals surface area (Å²) in [5.74, 6) is 0.917. The highest BCUT2D eigenvalue weighted by Gasteiger charge is 2.14. The van der Waals surface area contributed by atoms with E-state index >= 15 is 0 Å². The number of benzene rings is 1. The van der Waals surface area contributed by atoms with E-state index in [2.05, 4.69) is 43.5 Å². The molecule has 2 rings (SSSR count). The molecular formula is C13H12BrIN2O. The average Bonchev–Trinajstić information content (AvgIpc) is 2.79. The van der Waals surface area contributed by atoms with Gasteiger partial charge >= 0.3 is 0 Å². The third-order valence-corrected chi connectivity index (χ3v) is 4.12. The van der Waals surface area contributed by atoms with Gasteiger partial charge < -0.3 is 4.57 Å². The zero-order valence-electron chi connectivity index (χ0n) is 9.86. The molecule has 0 amide bonds. The van der Waals surface area contributed by atoms with Crippen molar-refractivity contribution in [3.63, 3.8) is 0 Å². The largest absolute Gasteiger partial charge is 0.335 e. The van der Waals surface area contributed by atoms with Gasteiger partial charge in [-0.1, -0.05) is 15.9 Å². The van der Waals surface area contributed by atoms with Crippen LogP contribution >= 0.6 is 38.5 Å². The molecule has 0 aliphatic carbocycles. The molecule has 3 nitrogen and oxygen atoms in total. The van der Waals surface area contributed by atoms with Crippen molar-refractivity contribution in [3.05, 3.63) is 50.0 Å². The van der Waals surface area contributed by atoms with Gasteiger partial charge in [0, 0.05) is 32.5 Å². The van der Waals surface area contributed by atoms with Crippen LogP contribution in [0.4, 0.5) is 0 Å². The van der Waals surface area contributed by atoms with Crippen LogP contribution < -0.4 is 0 Å². The van der Waals surface area contributed by atoms with Crippen molar-refractivity contribution in [2.24, 2.45) is 0 Å². The Morgan fingerprint density at radius 1 is 1.50 bits per heavy atom. The molecule has 1 aromatic heterocycles. The molecule has 0 bridgehead atoms. The Hall–Kier alpha value is -0.690. The summed E-state index contributed by atoms with van der Waals surface area (Å²) in [5.41, 5.74) is 0.746. The van der Waals surface area contributed by atoms with E-state index in [0.717, 1.165) is 26.0 Å². The van der Waals surface area contributed by atoms with Crippen LogP contribution in [0.3, 0.4) is 0 Å². The van der Waals surface area contributed by atoms with Crippen molar-refractivity contribution in [1.29, 1.82) is 0 Å². The third kappa shape index (κ3) is 3.00. The standard InChI is InChI=1S/C13H12BrIN2O/c1-2-17-6-5-16-13(17)8-12(18)10-7-9(14)3-4-11(10)15/h3-7H,2,8H2,1H3. The summed E-state index contributed by atoms with van der Waals surface area (Å²) in [5, 5.41) is 0. The van der Waals surface area contributed by atoms with E-state index in [1.807, 2.05) is 35.9 Å². The van der Waals surface area contributed by atoms with Crippen molar-refractivity contribution >= 4 is 44.3 Å². The highest BCUT2D eigenvalue weighted by atomic mass is 127. The molecular weight excluding hydrogens is 407 g/mol. The summed E-state index contributed by atoms with van der Waals surface area (Å²) >= 11 is 5.58. The second-order valence-corrected chi connectivity index (χ2v) is 5.93. The Labute approximate surface area is 128 Å². The zero-order chi connectivity index (χ0) is 13.1. The summed E-state index contributed by atoms with van der Waals surface area (Å²) < 4.78 is 3.88. The summed E-state index contributed by atoms with van der Waals surface area (Å²) in [6.45, 7) is 2.87. The van der Waals surface area contributed by atoms with Gasteiger partial charge in [0.15, 0.2) is 5.78 Å². The lowest BCUT2D eigenvalue weighted by Crippen LogP contribution is -2.10. The monoisotopic (exact) mass is 418 g/mol. The first-order valence-electron chi connectivity index (χ1n) is 5.60. The number of ketones is 1. The first-order valence-corrected chi connectivity index (χ1v) is 7.47. The third-order valence-electron chi connectivity index (χ3n) is 2.69. The Morgan fingerprint density at radius 2 is 2.28 bits per heavy atom. The number of rotatable bonds is 4. The van der Waals surface area contributed by atoms with Crippen molar-refractivity contribution < 1.29 is 4.79 Å². The zero-order valence-corrected chi connectivity index (χ0v) is 13.6. The molecule has 5 heteroatoms. The van der Waals surface area contributed by atoms with Gasteiger partial charge in [-0.25, -0.2) is 4.98 Å². The number of aromatic nitrogens is 2. The normalized spacial score (nSPS) is 10.6. The molecule has 18 heavy (non-hydrogen) atoms. The molecule has 2 aromatic rings. The van der Waals surface area contributed by atoms with E-state index in [9.17, 15) is 4.79 Å². The van der Waals surface area contributed by atoms with Crippen LogP contribution in [0.15, 0.2) is 35.1 Å². The first kappa shape index (κ1) is 13.7. The second-order valence-electron chi connectivity index (χ2n) is 3.85. The SMILES string of the molecule is CCn1ccnc1CC(=O)c1cc(Br)ccc1I. The first-order chi connectivity index (χ1) is 8.61. The second kappa shape index (κ2) is 5.97. The molecule has 94 valence electrons. The molecule has 1 heterocycles. The molecule has 0 saturated heterocycles. The van der Waals surface area contributed by atoms with Crippen LogP contribution in [-0.4, -0.2) is 15.3 Å². The highest BCUT2D eigenvalue weighted by molar-refractivity contribution is 14.1. The lowest BCUT2D eigenvalue weighted by molar-refractivity contribution is 0.0989. The van der Waals surface area contributed by atoms with E-state index in [0.29, 0.717) is 6.42 Å². The van der Waals surface area contributed by atoms with Crippen molar-refractivity contribution in [2.75, 3.05) is 0 Å². The lowest BCUT2D eigenvalue weighted by Gasteiger charge is -2.06. The van der Waals surface area contributed by atoms with Crippen LogP contribution in [0.2, 0.25) is 0 Å². The fourth-order valence-electron chi connectivity index (χ4n) is 1.75. The number of carbonyl (C=O) groups is 1. The molecule has 0 unspecified atom stereocenters. The number of hydrogen-bond acceptors (Lipinski definition) is 2. The van der Waals surface area contributed by atoms with E-state index in [1.54, 1.807) is 6.20 Å². The van der Waals surface area contributed by atoms with Gasteiger partial charge in [-0.3, -0.25) is 4.79 Å². The summed E-state index contributed by atoms with van der Waals surface area (Å²) in [7, 11) is 0. The average molecular weight is 419 g/mol. The van der Waals surface area contributed by atoms with Crippen LogP contribution in [0.5, 0.6) is 0 Å². The number of aryl methyl sites for hydroxylation is 1. The Kier molecular flexibility index (Phi) is 4.55. The summed E-state index contributed by atoms with van der Waals surface area (Å²) in [6, 6.07) is 5.74. The maximum absolute atomic E-state index is 12.3. The summed E-state index contributed by atoms with van der Waals surface area (Å²) in [6.07, 6.45) is 3.97. The predicted octanol–water partition coefficient (Wildman–Crippen LogP) is 3.70. The number of Topliss-reactive ketones (excluding diaryl/α,β-unsaturated/α-hetero) is 1. The van der Waals surface area contributed by atoms with Gasteiger partial charge in [-0.05, 0) is 47.7 Å². The molecule has 0 atom stereocenters. The lowest BCUT2D eigenvalue weighted by atomic mass is 10.1. The van der Waals surface area contributed by atoms with Gasteiger partial charge in [0.1, 0.15) is 5.82 Å². The number of imidazole rings is 1. The van der Waals surface area contributed by atoms with E-state index in [4.69, 9.17) is 0 Å². The smallest absolute Gasteiger partial charge is 0.171 e. The van der Waals surface area contributed by atoms with E-state index in [1.165, 1.54) is 0 Å². The summed E-state index contributed by atoms with van der Waals surface area (Å²) in [4.78, 5) is 16.5. The molecule has 0 aliphatic heterocycles. The van der Waals surface area contributed by atoms with Crippen LogP contribution in [0.1, 0.15) is 23.1 Å². The fraction of sp³-hybridized carbons (Fsp3) is 0.231. The van der Waals surface area contributed by atoms with E-state index in [-0.39, 0.29) is 5.78 Å². The number of nitrogens with zero attached hydrogens (tertiary/aromatic N) is 2. The number of carbonyl (C=O) groups excluding carboxylic acids is 1. The van der Waals surface area contributed by atoms with Gasteiger partial charge in [-0.2, -0.15) is 0 Å². The maximum atomic E-state index is 12.3. The Balaban J connectivity index is 2.25. The van der Waals surface area contributed by atoms with Gasteiger partial charge in [-0.15, -0.1) is 0 Å². The minimum absolute atomic E-state index is 0.0987. The van der Waals surface area contributed by atoms with Crippen molar-refractivity contribution in [2.45, 2.75) is 19.9 Å². The van der Waals surface area contributed by atoms with Crippen molar-refractivity contribution in [1.82, 2.24) is 9.55 Å². The minimum atomic E-state index is 0.0987. The maximum Gasteiger partial charge on any atom is 0.171 e. The van der Waals surface area contributed by atoms with Crippen LogP contribution in [0, 0.1) is 3.57 Å². The van der Waals surface area contributed by atoms with Gasteiger partial charge in [0.2, 0.25) is 0 Å². The van der Waals surface area contributed by atoms with Gasteiger partial charge in [0.25, 0.3) is 0 Å². The van der Waals surface area contributed by atoms with Crippen LogP contribution in [0.25, 0.3) is 0 Å². The highest BCUT2D eigenvalue weighted by Crippen LogP contribution is 2.20. The van der Waals surface area contributed by atoms with Crippen molar-refractivity contribution in [3.8, 4) is 0 Å². The Morgan fingerprint density at radius 3 is 3.00 bits per heavy atom. The minimum Gasteiger partial charge on any atom is -0.335 e. The fourth-order valence-corrected chi connectivity index (χ4v) is 2.74. The molecule has 0 N–H and O–H groups in total. The van der Waals surface area contributed by atoms with E-state index < -0.39 is 0 Å². The molecule has 0 aliphatic rings. The number of halogens is 2. The molecule has 0 saturated carbocycles. The Bertz CT molecular complexity index is 580. The molecule has 0 fully saturated rings. The predicted molar refractivity (Wildman–Crippen MR) is 82.8 cm³/mol.